The molecular formula is C33H50N2O3. The third-order valence-corrected chi connectivity index (χ3v) is 7.26. The minimum absolute atomic E-state index is 0.0408. The third-order valence-electron chi connectivity index (χ3n) is 7.26. The van der Waals surface area contributed by atoms with Crippen LogP contribution in [0.1, 0.15) is 88.3 Å². The molecule has 1 aromatic rings. The largest absolute Gasteiger partial charge is 0.426 e. The first-order chi connectivity index (χ1) is 18.0. The number of allylic oxidation sites excluding steroid dienone is 4. The Morgan fingerprint density at radius 3 is 2.39 bits per heavy atom. The number of ketones is 1. The van der Waals surface area contributed by atoms with Gasteiger partial charge in [0.15, 0.2) is 5.78 Å². The van der Waals surface area contributed by atoms with E-state index in [-0.39, 0.29) is 23.6 Å². The number of hydrogen-bond acceptors (Lipinski definition) is 5. The van der Waals surface area contributed by atoms with Crippen LogP contribution in [0, 0.1) is 5.92 Å². The molecule has 5 nitrogen and oxygen atoms in total. The standard InChI is InChI=1S/C33H50N2O3/c1-9-10-11-12-26-22-27(14-15-28(36)17-19-34(5)6)33(30-21-25(4)13-16-29(30)24(2)3)31(23-26)38-32(37)18-20-35(7)8/h14-15,21-23,29-30H,2,9-13,16-20H2,1,3-8H3/b15-14+. The van der Waals surface area contributed by atoms with Gasteiger partial charge in [0.2, 0.25) is 0 Å². The van der Waals surface area contributed by atoms with Gasteiger partial charge in [-0.25, -0.2) is 0 Å². The highest BCUT2D eigenvalue weighted by molar-refractivity contribution is 5.94. The highest BCUT2D eigenvalue weighted by atomic mass is 16.5. The summed E-state index contributed by atoms with van der Waals surface area (Å²) in [5, 5.41) is 0. The van der Waals surface area contributed by atoms with E-state index in [4.69, 9.17) is 4.74 Å². The summed E-state index contributed by atoms with van der Waals surface area (Å²) in [6, 6.07) is 4.27. The molecule has 0 saturated heterocycles. The first-order valence-electron chi connectivity index (χ1n) is 14.2. The van der Waals surface area contributed by atoms with Crippen molar-refractivity contribution in [3.8, 4) is 5.75 Å². The number of esters is 1. The van der Waals surface area contributed by atoms with Gasteiger partial charge in [0.05, 0.1) is 6.42 Å². The smallest absolute Gasteiger partial charge is 0.312 e. The van der Waals surface area contributed by atoms with Crippen LogP contribution < -0.4 is 4.74 Å². The van der Waals surface area contributed by atoms with Gasteiger partial charge in [-0.15, -0.1) is 0 Å². The van der Waals surface area contributed by atoms with E-state index in [1.54, 1.807) is 6.08 Å². The zero-order chi connectivity index (χ0) is 28.2. The number of ether oxygens (including phenoxy) is 1. The summed E-state index contributed by atoms with van der Waals surface area (Å²) < 4.78 is 6.14. The molecule has 0 aliphatic heterocycles. The van der Waals surface area contributed by atoms with Gasteiger partial charge in [0.1, 0.15) is 5.75 Å². The van der Waals surface area contributed by atoms with Crippen molar-refractivity contribution in [2.75, 3.05) is 41.3 Å². The Balaban J connectivity index is 2.63. The van der Waals surface area contributed by atoms with E-state index in [9.17, 15) is 9.59 Å². The maximum Gasteiger partial charge on any atom is 0.312 e. The highest BCUT2D eigenvalue weighted by Gasteiger charge is 2.30. The normalized spacial score (nSPS) is 17.8. The molecule has 0 amide bonds. The highest BCUT2D eigenvalue weighted by Crippen LogP contribution is 2.45. The fourth-order valence-electron chi connectivity index (χ4n) is 5.00. The molecule has 0 spiro atoms. The second kappa shape index (κ2) is 15.8. The van der Waals surface area contributed by atoms with E-state index in [0.29, 0.717) is 31.7 Å². The molecule has 0 bridgehead atoms. The lowest BCUT2D eigenvalue weighted by molar-refractivity contribution is -0.134. The van der Waals surface area contributed by atoms with E-state index < -0.39 is 0 Å². The van der Waals surface area contributed by atoms with Crippen LogP contribution in [0.2, 0.25) is 0 Å². The minimum Gasteiger partial charge on any atom is -0.426 e. The van der Waals surface area contributed by atoms with Crippen LogP contribution >= 0.6 is 0 Å². The predicted octanol–water partition coefficient (Wildman–Crippen LogP) is 6.83. The molecule has 0 saturated carbocycles. The van der Waals surface area contributed by atoms with Gasteiger partial charge in [-0.1, -0.05) is 55.7 Å². The molecule has 1 aliphatic rings. The zero-order valence-corrected chi connectivity index (χ0v) is 24.9. The average molecular weight is 523 g/mol. The van der Waals surface area contributed by atoms with E-state index in [0.717, 1.165) is 60.8 Å². The van der Waals surface area contributed by atoms with E-state index in [1.165, 1.54) is 5.57 Å². The Hall–Kier alpha value is -2.50. The van der Waals surface area contributed by atoms with Crippen LogP contribution in [0.15, 0.2) is 42.0 Å². The Bertz CT molecular complexity index is 1020. The summed E-state index contributed by atoms with van der Waals surface area (Å²) in [4.78, 5) is 29.7. The molecule has 0 fully saturated rings. The Morgan fingerprint density at radius 2 is 1.76 bits per heavy atom. The van der Waals surface area contributed by atoms with Gasteiger partial charge in [-0.05, 0) is 96.9 Å². The van der Waals surface area contributed by atoms with Crippen molar-refractivity contribution in [2.24, 2.45) is 5.92 Å². The molecule has 0 aromatic heterocycles. The lowest BCUT2D eigenvalue weighted by Gasteiger charge is -2.33. The van der Waals surface area contributed by atoms with Crippen LogP contribution in [0.5, 0.6) is 5.75 Å². The van der Waals surface area contributed by atoms with Crippen molar-refractivity contribution >= 4 is 17.8 Å². The molecule has 0 radical (unpaired) electrons. The minimum atomic E-state index is -0.231. The molecule has 2 rings (SSSR count). The van der Waals surface area contributed by atoms with E-state index in [1.807, 2.05) is 44.1 Å². The van der Waals surface area contributed by atoms with Gasteiger partial charge in [-0.3, -0.25) is 9.59 Å². The third kappa shape index (κ3) is 10.3. The summed E-state index contributed by atoms with van der Waals surface area (Å²) in [6.45, 7) is 12.1. The molecule has 0 N–H and O–H groups in total. The molecule has 5 heteroatoms. The molecular weight excluding hydrogens is 472 g/mol. The summed E-state index contributed by atoms with van der Waals surface area (Å²) in [5.74, 6) is 0.785. The first kappa shape index (κ1) is 31.7. The monoisotopic (exact) mass is 522 g/mol. The topological polar surface area (TPSA) is 49.9 Å². The quantitative estimate of drug-likeness (QED) is 0.0831. The molecule has 1 aliphatic carbocycles. The van der Waals surface area contributed by atoms with E-state index >= 15 is 0 Å². The van der Waals surface area contributed by atoms with Crippen LogP contribution in [-0.4, -0.2) is 62.8 Å². The summed E-state index contributed by atoms with van der Waals surface area (Å²) in [6.07, 6.45) is 13.1. The van der Waals surface area contributed by atoms with Crippen molar-refractivity contribution in [1.29, 1.82) is 0 Å². The number of benzene rings is 1. The number of nitrogens with zero attached hydrogens (tertiary/aromatic N) is 2. The number of carbonyl (C=O) groups is 2. The van der Waals surface area contributed by atoms with Crippen LogP contribution in [-0.2, 0) is 16.0 Å². The molecule has 38 heavy (non-hydrogen) atoms. The maximum atomic E-state index is 13.0. The van der Waals surface area contributed by atoms with E-state index in [2.05, 4.69) is 45.6 Å². The lowest BCUT2D eigenvalue weighted by Crippen LogP contribution is -2.22. The number of carbonyl (C=O) groups excluding carboxylic acids is 2. The van der Waals surface area contributed by atoms with Gasteiger partial charge >= 0.3 is 5.97 Å². The first-order valence-corrected chi connectivity index (χ1v) is 14.2. The van der Waals surface area contributed by atoms with Crippen molar-refractivity contribution in [3.05, 3.63) is 58.7 Å². The number of hydrogen-bond donors (Lipinski definition) is 0. The Morgan fingerprint density at radius 1 is 1.08 bits per heavy atom. The maximum absolute atomic E-state index is 13.0. The number of aryl methyl sites for hydroxylation is 1. The Labute approximate surface area is 231 Å². The summed E-state index contributed by atoms with van der Waals surface area (Å²) >= 11 is 0. The molecule has 0 heterocycles. The SMILES string of the molecule is C=C(C)C1CCC(C)=CC1c1c(/C=C/C(=O)CCN(C)C)cc(CCCCC)cc1OC(=O)CCN(C)C. The summed E-state index contributed by atoms with van der Waals surface area (Å²) in [7, 11) is 7.86. The fraction of sp³-hybridized carbons (Fsp3) is 0.576. The summed E-state index contributed by atoms with van der Waals surface area (Å²) in [5.41, 5.74) is 5.57. The van der Waals surface area contributed by atoms with Crippen LogP contribution in [0.25, 0.3) is 6.08 Å². The molecule has 1 aromatic carbocycles. The number of rotatable bonds is 15. The number of unbranched alkanes of at least 4 members (excludes halogenated alkanes) is 2. The molecule has 210 valence electrons. The Kier molecular flexibility index (Phi) is 13.2. The zero-order valence-electron chi connectivity index (χ0n) is 24.9. The van der Waals surface area contributed by atoms with Gasteiger partial charge in [-0.2, -0.15) is 0 Å². The lowest BCUT2D eigenvalue weighted by atomic mass is 9.72. The molecule has 2 unspecified atom stereocenters. The van der Waals surface area contributed by atoms with Crippen LogP contribution in [0.3, 0.4) is 0 Å². The average Bonchev–Trinajstić information content (AvgIpc) is 2.84. The molecule has 2 atom stereocenters. The van der Waals surface area contributed by atoms with Gasteiger partial charge in [0, 0.05) is 31.0 Å². The predicted molar refractivity (Wildman–Crippen MR) is 160 cm³/mol. The second-order valence-corrected chi connectivity index (χ2v) is 11.5. The van der Waals surface area contributed by atoms with Gasteiger partial charge < -0.3 is 14.5 Å². The van der Waals surface area contributed by atoms with Crippen molar-refractivity contribution in [2.45, 2.75) is 78.1 Å². The van der Waals surface area contributed by atoms with Gasteiger partial charge in [0.25, 0.3) is 0 Å². The van der Waals surface area contributed by atoms with Crippen molar-refractivity contribution in [1.82, 2.24) is 9.80 Å². The van der Waals surface area contributed by atoms with Crippen LogP contribution in [0.4, 0.5) is 0 Å². The second-order valence-electron chi connectivity index (χ2n) is 11.5. The van der Waals surface area contributed by atoms with Crippen molar-refractivity contribution in [3.63, 3.8) is 0 Å². The van der Waals surface area contributed by atoms with Crippen molar-refractivity contribution < 1.29 is 14.3 Å². The fourth-order valence-corrected chi connectivity index (χ4v) is 5.00.